The van der Waals surface area contributed by atoms with Gasteiger partial charge in [-0.25, -0.2) is 0 Å². The van der Waals surface area contributed by atoms with Crippen molar-refractivity contribution in [1.82, 2.24) is 4.57 Å². The number of rotatable bonds is 4. The van der Waals surface area contributed by atoms with Crippen LogP contribution < -0.4 is 16.4 Å². The van der Waals surface area contributed by atoms with Crippen LogP contribution in [0, 0.1) is 106 Å². The summed E-state index contributed by atoms with van der Waals surface area (Å²) < 4.78 is 2.29. The van der Waals surface area contributed by atoms with Crippen molar-refractivity contribution in [3.05, 3.63) is 120 Å². The molecule has 244 valence electrons. The Morgan fingerprint density at radius 3 is 1.29 bits per heavy atom. The molecule has 1 heterocycles. The van der Waals surface area contributed by atoms with Crippen molar-refractivity contribution in [2.24, 2.45) is 7.05 Å². The van der Waals surface area contributed by atoms with Gasteiger partial charge in [0.1, 0.15) is 0 Å². The van der Waals surface area contributed by atoms with Gasteiger partial charge in [0.15, 0.2) is 0 Å². The number of para-hydroxylation sites is 1. The highest BCUT2D eigenvalue weighted by atomic mass is 14.9. The first-order chi connectivity index (χ1) is 23.2. The number of benzene rings is 5. The van der Waals surface area contributed by atoms with E-state index in [1.807, 2.05) is 0 Å². The molecule has 49 heavy (non-hydrogen) atoms. The molecule has 4 heteroatoms. The SMILES string of the molecule is Cc1c(C)c(B(c2c(C)c(C)c(C#N)c(C)c2C)c2c(C)c(C)c(-c3ccc4c(c3)c3ccccc3n4C)c(C)c2C)c(C)c(C)c1C#N. The summed E-state index contributed by atoms with van der Waals surface area (Å²) in [6.45, 7) is 26.3. The van der Waals surface area contributed by atoms with E-state index in [0.717, 1.165) is 33.4 Å². The Morgan fingerprint density at radius 1 is 0.469 bits per heavy atom. The van der Waals surface area contributed by atoms with Crippen molar-refractivity contribution in [2.75, 3.05) is 0 Å². The molecule has 0 saturated heterocycles. The van der Waals surface area contributed by atoms with Crippen LogP contribution in [0.15, 0.2) is 42.5 Å². The molecule has 0 atom stereocenters. The molecule has 0 spiro atoms. The van der Waals surface area contributed by atoms with E-state index in [1.54, 1.807) is 0 Å². The molecule has 3 nitrogen and oxygen atoms in total. The van der Waals surface area contributed by atoms with E-state index in [2.05, 4.69) is 149 Å². The third kappa shape index (κ3) is 4.76. The summed E-state index contributed by atoms with van der Waals surface area (Å²) in [5.41, 5.74) is 24.5. The number of hydrogen-bond donors (Lipinski definition) is 0. The Hall–Kier alpha value is -5.06. The molecule has 1 aromatic heterocycles. The second-order valence-electron chi connectivity index (χ2n) is 14.3. The van der Waals surface area contributed by atoms with E-state index in [9.17, 15) is 10.5 Å². The Labute approximate surface area is 292 Å². The quantitative estimate of drug-likeness (QED) is 0.181. The maximum Gasteiger partial charge on any atom is 0.243 e. The fourth-order valence-electron chi connectivity index (χ4n) is 8.85. The first-order valence-corrected chi connectivity index (χ1v) is 17.3. The van der Waals surface area contributed by atoms with Crippen LogP contribution in [0.2, 0.25) is 0 Å². The minimum absolute atomic E-state index is 0.0673. The van der Waals surface area contributed by atoms with Gasteiger partial charge in [-0.1, -0.05) is 74.0 Å². The molecule has 0 aliphatic rings. The van der Waals surface area contributed by atoms with Crippen LogP contribution in [0.1, 0.15) is 77.9 Å². The van der Waals surface area contributed by atoms with Crippen molar-refractivity contribution in [3.8, 4) is 23.3 Å². The lowest BCUT2D eigenvalue weighted by atomic mass is 9.32. The molecule has 0 N–H and O–H groups in total. The van der Waals surface area contributed by atoms with Crippen molar-refractivity contribution < 1.29 is 0 Å². The zero-order chi connectivity index (χ0) is 35.8. The molecule has 0 amide bonds. The summed E-state index contributed by atoms with van der Waals surface area (Å²) >= 11 is 0. The van der Waals surface area contributed by atoms with Gasteiger partial charge < -0.3 is 4.57 Å². The van der Waals surface area contributed by atoms with Crippen LogP contribution in [0.3, 0.4) is 0 Å². The Bertz CT molecular complexity index is 2320. The van der Waals surface area contributed by atoms with Crippen LogP contribution >= 0.6 is 0 Å². The van der Waals surface area contributed by atoms with Crippen LogP contribution in [-0.4, -0.2) is 11.3 Å². The fourth-order valence-corrected chi connectivity index (χ4v) is 8.85. The molecule has 0 aliphatic carbocycles. The van der Waals surface area contributed by atoms with Gasteiger partial charge in [-0.2, -0.15) is 10.5 Å². The van der Waals surface area contributed by atoms with Gasteiger partial charge >= 0.3 is 0 Å². The molecule has 0 saturated carbocycles. The molecular weight excluding hydrogens is 593 g/mol. The molecule has 0 aliphatic heterocycles. The first kappa shape index (κ1) is 33.8. The lowest BCUT2D eigenvalue weighted by Gasteiger charge is -2.32. The average Bonchev–Trinajstić information content (AvgIpc) is 3.37. The number of hydrogen-bond acceptors (Lipinski definition) is 2. The molecule has 6 rings (SSSR count). The summed E-state index contributed by atoms with van der Waals surface area (Å²) in [4.78, 5) is 0. The summed E-state index contributed by atoms with van der Waals surface area (Å²) in [5, 5.41) is 22.9. The topological polar surface area (TPSA) is 52.5 Å². The monoisotopic (exact) mass is 639 g/mol. The minimum Gasteiger partial charge on any atom is -0.344 e. The molecule has 0 bridgehead atoms. The number of fused-ring (bicyclic) bond motifs is 3. The summed E-state index contributed by atoms with van der Waals surface area (Å²) in [5.74, 6) is 0. The van der Waals surface area contributed by atoms with Crippen LogP contribution in [0.5, 0.6) is 0 Å². The highest BCUT2D eigenvalue weighted by Crippen LogP contribution is 2.36. The molecule has 0 fully saturated rings. The van der Waals surface area contributed by atoms with Crippen molar-refractivity contribution in [3.63, 3.8) is 0 Å². The summed E-state index contributed by atoms with van der Waals surface area (Å²) in [7, 11) is 2.15. The lowest BCUT2D eigenvalue weighted by Crippen LogP contribution is -2.58. The summed E-state index contributed by atoms with van der Waals surface area (Å²) in [6.07, 6.45) is 0. The molecule has 0 radical (unpaired) electrons. The van der Waals surface area contributed by atoms with Gasteiger partial charge in [-0.05, 0) is 146 Å². The van der Waals surface area contributed by atoms with E-state index < -0.39 is 0 Å². The number of nitriles is 2. The van der Waals surface area contributed by atoms with Crippen molar-refractivity contribution in [2.45, 2.75) is 83.1 Å². The van der Waals surface area contributed by atoms with Gasteiger partial charge in [-0.3, -0.25) is 0 Å². The van der Waals surface area contributed by atoms with E-state index in [1.165, 1.54) is 93.8 Å². The number of aryl methyl sites for hydroxylation is 1. The first-order valence-electron chi connectivity index (χ1n) is 17.3. The zero-order valence-electron chi connectivity index (χ0n) is 31.5. The zero-order valence-corrected chi connectivity index (χ0v) is 31.5. The third-order valence-corrected chi connectivity index (χ3v) is 12.3. The fraction of sp³-hybridized carbons (Fsp3) is 0.289. The number of nitrogens with zero attached hydrogens (tertiary/aromatic N) is 3. The van der Waals surface area contributed by atoms with Gasteiger partial charge in [0, 0.05) is 28.9 Å². The minimum atomic E-state index is -0.0673. The smallest absolute Gasteiger partial charge is 0.243 e. The van der Waals surface area contributed by atoms with Crippen molar-refractivity contribution >= 4 is 44.9 Å². The van der Waals surface area contributed by atoms with E-state index in [-0.39, 0.29) is 6.71 Å². The second-order valence-corrected chi connectivity index (χ2v) is 14.3. The predicted octanol–water partition coefficient (Wildman–Crippen LogP) is 8.96. The third-order valence-electron chi connectivity index (χ3n) is 12.3. The number of aromatic nitrogens is 1. The molecule has 5 aromatic carbocycles. The van der Waals surface area contributed by atoms with E-state index >= 15 is 0 Å². The van der Waals surface area contributed by atoms with Gasteiger partial charge in [0.2, 0.25) is 6.71 Å². The summed E-state index contributed by atoms with van der Waals surface area (Å²) in [6, 6.07) is 20.6. The molecule has 0 unspecified atom stereocenters. The van der Waals surface area contributed by atoms with Crippen LogP contribution in [-0.2, 0) is 7.05 Å². The Morgan fingerprint density at radius 2 is 0.857 bits per heavy atom. The largest absolute Gasteiger partial charge is 0.344 e. The van der Waals surface area contributed by atoms with E-state index in [4.69, 9.17) is 0 Å². The van der Waals surface area contributed by atoms with E-state index in [0.29, 0.717) is 0 Å². The maximum absolute atomic E-state index is 10.2. The molecular formula is C45H46BN3. The highest BCUT2D eigenvalue weighted by Gasteiger charge is 2.35. The Balaban J connectivity index is 1.73. The normalized spacial score (nSPS) is 11.3. The van der Waals surface area contributed by atoms with Gasteiger partial charge in [0.25, 0.3) is 0 Å². The van der Waals surface area contributed by atoms with Gasteiger partial charge in [0.05, 0.1) is 23.3 Å². The molecule has 6 aromatic rings. The Kier molecular flexibility index (Phi) is 8.37. The second kappa shape index (κ2) is 12.1. The van der Waals surface area contributed by atoms with Crippen molar-refractivity contribution in [1.29, 1.82) is 10.5 Å². The lowest BCUT2D eigenvalue weighted by molar-refractivity contribution is 1.01. The standard InChI is InChI=1S/C45H46BN3/c1-23-29(7)43(30(8)24(2)38(23)21-47)46(44-31(9)25(3)39(22-48)26(4)32(44)10)45-33(11)27(5)42(28(6)34(45)12)35-18-19-41-37(20-35)36-16-14-15-17-40(36)49(41)13/h14-20H,1-13H3. The maximum atomic E-state index is 10.2. The predicted molar refractivity (Wildman–Crippen MR) is 210 cm³/mol. The average molecular weight is 640 g/mol. The van der Waals surface area contributed by atoms with Crippen LogP contribution in [0.4, 0.5) is 0 Å². The van der Waals surface area contributed by atoms with Crippen LogP contribution in [0.25, 0.3) is 32.9 Å². The highest BCUT2D eigenvalue weighted by molar-refractivity contribution is 6.97. The van der Waals surface area contributed by atoms with Gasteiger partial charge in [-0.15, -0.1) is 0 Å².